The quantitative estimate of drug-likeness (QED) is 0.203. The summed E-state index contributed by atoms with van der Waals surface area (Å²) in [6.07, 6.45) is 0.784. The minimum Gasteiger partial charge on any atom is -0.442 e. The molecule has 5 N–H and O–H groups in total. The number of anilines is 1. The van der Waals surface area contributed by atoms with Gasteiger partial charge in [0.25, 0.3) is 5.91 Å². The lowest BCUT2D eigenvalue weighted by molar-refractivity contribution is -0.0931. The van der Waals surface area contributed by atoms with Crippen LogP contribution in [0.2, 0.25) is 5.15 Å². The third-order valence-corrected chi connectivity index (χ3v) is 7.86. The number of hydrogen-bond donors (Lipinski definition) is 4. The zero-order chi connectivity index (χ0) is 32.2. The van der Waals surface area contributed by atoms with E-state index in [9.17, 15) is 23.1 Å². The van der Waals surface area contributed by atoms with Crippen molar-refractivity contribution in [3.05, 3.63) is 82.6 Å². The van der Waals surface area contributed by atoms with Gasteiger partial charge in [-0.2, -0.15) is 0 Å². The monoisotopic (exact) mass is 630 g/mol. The SMILES string of the molecule is CC(C)Nc1cc(-c2ccc(CC(C[C@@H](O)c3ccc(Cl)nc3)(OC(N)=O)C(C)(C)C)cc2)ccc1C(=O)NS(C)(=O)=O. The van der Waals surface area contributed by atoms with E-state index in [1.807, 2.05) is 63.6 Å². The number of aromatic nitrogens is 1. The van der Waals surface area contributed by atoms with Crippen LogP contribution < -0.4 is 15.8 Å². The van der Waals surface area contributed by atoms with Crippen molar-refractivity contribution in [1.82, 2.24) is 9.71 Å². The second kappa shape index (κ2) is 13.3. The first kappa shape index (κ1) is 33.8. The Morgan fingerprint density at radius 1 is 1.05 bits per heavy atom. The standard InChI is InChI=1S/C31H39ClN4O6S/c1-19(2)35-25-15-22(11-13-24(25)28(38)36-43(6,40)41)21-9-7-20(8-10-21)16-31(30(3,4)5,42-29(33)39)17-26(37)23-12-14-27(32)34-18-23/h7-15,18-19,26,35,37H,16-17H2,1-6H3,(H2,33,39)(H,36,38)/t26-,31?/m1/s1. The third-order valence-electron chi connectivity index (χ3n) is 7.08. The van der Waals surface area contributed by atoms with E-state index in [2.05, 4.69) is 10.3 Å². The van der Waals surface area contributed by atoms with Gasteiger partial charge in [0, 0.05) is 36.2 Å². The number of aliphatic hydroxyl groups is 1. The largest absolute Gasteiger partial charge is 0.442 e. The number of rotatable bonds is 11. The van der Waals surface area contributed by atoms with Gasteiger partial charge in [0.05, 0.1) is 17.9 Å². The van der Waals surface area contributed by atoms with Gasteiger partial charge in [-0.1, -0.05) is 68.8 Å². The number of sulfonamides is 1. The van der Waals surface area contributed by atoms with Crippen LogP contribution in [0.15, 0.2) is 60.8 Å². The fourth-order valence-corrected chi connectivity index (χ4v) is 5.36. The van der Waals surface area contributed by atoms with Crippen molar-refractivity contribution in [3.63, 3.8) is 0 Å². The molecule has 12 heteroatoms. The van der Waals surface area contributed by atoms with Gasteiger partial charge < -0.3 is 20.9 Å². The Morgan fingerprint density at radius 2 is 1.67 bits per heavy atom. The van der Waals surface area contributed by atoms with Crippen LogP contribution in [0.1, 0.15) is 68.6 Å². The fourth-order valence-electron chi connectivity index (χ4n) is 4.80. The van der Waals surface area contributed by atoms with Crippen LogP contribution in [0.4, 0.5) is 10.5 Å². The molecule has 0 fully saturated rings. The number of amides is 2. The topological polar surface area (TPSA) is 161 Å². The lowest BCUT2D eigenvalue weighted by Gasteiger charge is -2.45. The molecule has 0 spiro atoms. The molecule has 0 aliphatic carbocycles. The summed E-state index contributed by atoms with van der Waals surface area (Å²) in [5, 5.41) is 14.6. The molecule has 0 saturated heterocycles. The van der Waals surface area contributed by atoms with Crippen LogP contribution in [0, 0.1) is 5.41 Å². The highest BCUT2D eigenvalue weighted by Gasteiger charge is 2.47. The van der Waals surface area contributed by atoms with E-state index in [4.69, 9.17) is 22.1 Å². The molecule has 2 amide bonds. The molecule has 1 unspecified atom stereocenters. The van der Waals surface area contributed by atoms with Crippen molar-refractivity contribution in [2.45, 2.75) is 65.2 Å². The van der Waals surface area contributed by atoms with Crippen LogP contribution in [0.25, 0.3) is 11.1 Å². The average Bonchev–Trinajstić information content (AvgIpc) is 2.87. The van der Waals surface area contributed by atoms with Crippen LogP contribution in [0.5, 0.6) is 0 Å². The Hall–Kier alpha value is -3.67. The van der Waals surface area contributed by atoms with Crippen molar-refractivity contribution in [2.24, 2.45) is 11.1 Å². The van der Waals surface area contributed by atoms with Crippen molar-refractivity contribution in [2.75, 3.05) is 11.6 Å². The Kier molecular flexibility index (Phi) is 10.5. The summed E-state index contributed by atoms with van der Waals surface area (Å²) in [5.74, 6) is -0.725. The van der Waals surface area contributed by atoms with E-state index >= 15 is 0 Å². The molecular weight excluding hydrogens is 592 g/mol. The Balaban J connectivity index is 1.95. The highest BCUT2D eigenvalue weighted by atomic mass is 35.5. The molecule has 3 aromatic rings. The molecule has 2 aromatic carbocycles. The van der Waals surface area contributed by atoms with E-state index in [0.717, 1.165) is 22.9 Å². The first-order chi connectivity index (χ1) is 19.9. The number of nitrogens with one attached hydrogen (secondary N) is 2. The second-order valence-corrected chi connectivity index (χ2v) is 14.1. The van der Waals surface area contributed by atoms with Crippen molar-refractivity contribution in [3.8, 4) is 11.1 Å². The minimum atomic E-state index is -3.73. The number of carbonyl (C=O) groups is 2. The zero-order valence-electron chi connectivity index (χ0n) is 25.1. The molecule has 0 radical (unpaired) electrons. The number of carbonyl (C=O) groups excluding carboxylic acids is 2. The van der Waals surface area contributed by atoms with Crippen molar-refractivity contribution < 1.29 is 27.9 Å². The number of nitrogens with zero attached hydrogens (tertiary/aromatic N) is 1. The van der Waals surface area contributed by atoms with Crippen LogP contribution >= 0.6 is 11.6 Å². The summed E-state index contributed by atoms with van der Waals surface area (Å²) < 4.78 is 31.1. The summed E-state index contributed by atoms with van der Waals surface area (Å²) in [6, 6.07) is 15.9. The van der Waals surface area contributed by atoms with E-state index in [-0.39, 0.29) is 24.4 Å². The predicted octanol–water partition coefficient (Wildman–Crippen LogP) is 5.46. The summed E-state index contributed by atoms with van der Waals surface area (Å²) in [4.78, 5) is 28.8. The number of benzene rings is 2. The second-order valence-electron chi connectivity index (χ2n) is 11.9. The number of aliphatic hydroxyl groups excluding tert-OH is 1. The van der Waals surface area contributed by atoms with Crippen LogP contribution in [-0.2, 0) is 21.2 Å². The molecule has 0 bridgehead atoms. The van der Waals surface area contributed by atoms with Gasteiger partial charge in [-0.25, -0.2) is 22.9 Å². The molecule has 1 heterocycles. The average molecular weight is 631 g/mol. The maximum absolute atomic E-state index is 12.6. The van der Waals surface area contributed by atoms with Crippen LogP contribution in [-0.4, -0.2) is 48.4 Å². The first-order valence-electron chi connectivity index (χ1n) is 13.7. The molecule has 10 nitrogen and oxygen atoms in total. The summed E-state index contributed by atoms with van der Waals surface area (Å²) in [6.45, 7) is 9.58. The highest BCUT2D eigenvalue weighted by Crippen LogP contribution is 2.43. The molecule has 2 atom stereocenters. The molecular formula is C31H39ClN4O6S. The summed E-state index contributed by atoms with van der Waals surface area (Å²) >= 11 is 5.91. The predicted molar refractivity (Wildman–Crippen MR) is 168 cm³/mol. The Bertz CT molecular complexity index is 1550. The van der Waals surface area contributed by atoms with Gasteiger partial charge in [0.15, 0.2) is 0 Å². The van der Waals surface area contributed by atoms with Gasteiger partial charge >= 0.3 is 6.09 Å². The van der Waals surface area contributed by atoms with E-state index in [1.54, 1.807) is 30.3 Å². The van der Waals surface area contributed by atoms with Gasteiger partial charge in [0.2, 0.25) is 10.0 Å². The summed E-state index contributed by atoms with van der Waals surface area (Å²) in [7, 11) is -3.73. The summed E-state index contributed by atoms with van der Waals surface area (Å²) in [5.41, 5.74) is 7.44. The number of hydrogen-bond acceptors (Lipinski definition) is 8. The van der Waals surface area contributed by atoms with E-state index < -0.39 is 39.1 Å². The molecule has 1 aromatic heterocycles. The first-order valence-corrected chi connectivity index (χ1v) is 16.0. The normalized spacial score (nSPS) is 14.1. The van der Waals surface area contributed by atoms with E-state index in [1.165, 1.54) is 6.20 Å². The number of nitrogens with two attached hydrogens (primary N) is 1. The molecule has 0 aliphatic rings. The van der Waals surface area contributed by atoms with Gasteiger partial charge in [-0.15, -0.1) is 0 Å². The van der Waals surface area contributed by atoms with E-state index in [0.29, 0.717) is 16.4 Å². The molecule has 43 heavy (non-hydrogen) atoms. The zero-order valence-corrected chi connectivity index (χ0v) is 26.7. The number of halogens is 1. The number of primary amides is 1. The number of ether oxygens (including phenoxy) is 1. The Labute approximate surface area is 258 Å². The van der Waals surface area contributed by atoms with Crippen molar-refractivity contribution in [1.29, 1.82) is 0 Å². The molecule has 0 saturated carbocycles. The third kappa shape index (κ3) is 9.16. The van der Waals surface area contributed by atoms with Gasteiger partial charge in [0.1, 0.15) is 10.8 Å². The highest BCUT2D eigenvalue weighted by molar-refractivity contribution is 7.89. The van der Waals surface area contributed by atoms with Crippen LogP contribution in [0.3, 0.4) is 0 Å². The van der Waals surface area contributed by atoms with Gasteiger partial charge in [-0.3, -0.25) is 4.79 Å². The smallest absolute Gasteiger partial charge is 0.405 e. The fraction of sp³-hybridized carbons (Fsp3) is 0.387. The maximum Gasteiger partial charge on any atom is 0.405 e. The van der Waals surface area contributed by atoms with Crippen molar-refractivity contribution >= 4 is 39.3 Å². The number of pyridine rings is 1. The molecule has 0 aliphatic heterocycles. The molecule has 232 valence electrons. The van der Waals surface area contributed by atoms with Gasteiger partial charge in [-0.05, 0) is 54.3 Å². The Morgan fingerprint density at radius 3 is 2.19 bits per heavy atom. The lowest BCUT2D eigenvalue weighted by atomic mass is 9.69. The maximum atomic E-state index is 12.6. The lowest BCUT2D eigenvalue weighted by Crippen LogP contribution is -2.51. The minimum absolute atomic E-state index is 0.0165. The molecule has 3 rings (SSSR count).